The Hall–Kier alpha value is -18.7. The van der Waals surface area contributed by atoms with Crippen LogP contribution in [0.1, 0.15) is 0 Å². The van der Waals surface area contributed by atoms with Gasteiger partial charge in [0.15, 0.2) is 0 Å². The number of fused-ring (bicyclic) bond motifs is 14. The molecule has 0 unspecified atom stereocenters. The number of thiophene rings is 1. The van der Waals surface area contributed by atoms with Crippen LogP contribution in [0.3, 0.4) is 0 Å². The van der Waals surface area contributed by atoms with E-state index in [2.05, 4.69) is 587 Å². The average molecular weight is 1840 g/mol. The maximum absolute atomic E-state index is 2.46. The van der Waals surface area contributed by atoms with Crippen LogP contribution < -0.4 is 19.6 Å². The van der Waals surface area contributed by atoms with Crippen LogP contribution in [0.4, 0.5) is 68.2 Å². The molecule has 0 spiro atoms. The number of rotatable bonds is 19. The second kappa shape index (κ2) is 36.7. The van der Waals surface area contributed by atoms with Gasteiger partial charge in [0.2, 0.25) is 0 Å². The fourth-order valence-electron chi connectivity index (χ4n) is 21.3. The summed E-state index contributed by atoms with van der Waals surface area (Å²) in [6, 6.07) is 203. The van der Waals surface area contributed by atoms with Crippen LogP contribution in [0.2, 0.25) is 0 Å². The first-order valence-electron chi connectivity index (χ1n) is 48.9. The minimum atomic E-state index is 1.08. The highest BCUT2D eigenvalue weighted by molar-refractivity contribution is 7.25. The van der Waals surface area contributed by atoms with Gasteiger partial charge in [-0.1, -0.05) is 370 Å². The number of hydrogen-bond acceptors (Lipinski definition) is 5. The molecule has 0 radical (unpaired) electrons. The van der Waals surface area contributed by atoms with Crippen molar-refractivity contribution in [3.8, 4) is 67.0 Å². The van der Waals surface area contributed by atoms with Crippen molar-refractivity contribution in [3.63, 3.8) is 0 Å². The van der Waals surface area contributed by atoms with Crippen molar-refractivity contribution >= 4 is 186 Å². The van der Waals surface area contributed by atoms with Crippen LogP contribution >= 0.6 is 11.3 Å². The van der Waals surface area contributed by atoms with Crippen molar-refractivity contribution in [2.24, 2.45) is 0 Å². The third-order valence-corrected chi connectivity index (χ3v) is 29.4. The maximum atomic E-state index is 2.46. The minimum absolute atomic E-state index is 1.08. The molecule has 0 aliphatic carbocycles. The Morgan fingerprint density at radius 1 is 0.140 bits per heavy atom. The van der Waals surface area contributed by atoms with Crippen molar-refractivity contribution in [3.05, 3.63) is 558 Å². The summed E-state index contributed by atoms with van der Waals surface area (Å²) in [6.45, 7) is 0. The normalized spacial score (nSPS) is 11.5. The summed E-state index contributed by atoms with van der Waals surface area (Å²) in [6.07, 6.45) is 0. The van der Waals surface area contributed by atoms with E-state index in [0.29, 0.717) is 0 Å². The summed E-state index contributed by atoms with van der Waals surface area (Å²) < 4.78 is 7.46. The number of benzene rings is 24. The summed E-state index contributed by atoms with van der Waals surface area (Å²) in [5, 5.41) is 17.2. The molecule has 6 nitrogen and oxygen atoms in total. The fourth-order valence-corrected chi connectivity index (χ4v) is 22.5. The van der Waals surface area contributed by atoms with Gasteiger partial charge in [0.05, 0.1) is 27.8 Å². The standard InChI is InChI=1S/C68H45N3S.C68H47N3/c1-3-13-46(14-4-1)48-23-31-55(32-24-48)70(59-38-41-62-61-21-11-12-22-66(61)72-67(62)45-59)56-35-27-50(28-36-56)49-25-33-54(34-26-49)69(53-18-5-2-6-19-53)58-39-42-65-64(44-58)63-40-30-51-16-9-10-20-60(51)68(63)71(65)57-37-29-47-15-7-8-17-52(47)43-57;1-3-16-48(17-4-1)55-24-13-26-59(44-55)69(61-41-36-50-20-7-8-22-54(50)46-61)57-37-32-51(33-38-57)52-34-39-58(40-35-52)70(66-31-15-23-53-21-9-10-28-63(53)66)62-42-43-68-65(47-62)64-29-11-12-30-67(64)71(68)60-27-14-25-56(45-60)49-18-5-2-6-19-49/h1-45H;1-47H. The first kappa shape index (κ1) is 84.8. The van der Waals surface area contributed by atoms with E-state index in [9.17, 15) is 0 Å². The molecule has 27 rings (SSSR count). The summed E-state index contributed by atoms with van der Waals surface area (Å²) in [7, 11) is 0. The van der Waals surface area contributed by atoms with E-state index in [0.717, 1.165) is 102 Å². The lowest BCUT2D eigenvalue weighted by atomic mass is 10.0. The molecular formula is C136H92N6S. The summed E-state index contributed by atoms with van der Waals surface area (Å²) in [5.74, 6) is 0. The van der Waals surface area contributed by atoms with Crippen LogP contribution in [-0.2, 0) is 0 Å². The molecule has 0 aliphatic heterocycles. The zero-order valence-corrected chi connectivity index (χ0v) is 79.0. The van der Waals surface area contributed by atoms with E-state index in [1.54, 1.807) is 0 Å². The van der Waals surface area contributed by atoms with Crippen molar-refractivity contribution in [1.29, 1.82) is 0 Å². The molecule has 0 saturated carbocycles. The number of nitrogens with zero attached hydrogens (tertiary/aromatic N) is 6. The second-order valence-corrected chi connectivity index (χ2v) is 37.8. The van der Waals surface area contributed by atoms with Crippen LogP contribution in [-0.4, -0.2) is 9.13 Å². The molecule has 24 aromatic carbocycles. The lowest BCUT2D eigenvalue weighted by Crippen LogP contribution is -2.10. The molecule has 0 aliphatic rings. The summed E-state index contributed by atoms with van der Waals surface area (Å²) in [4.78, 5) is 9.54. The average Bonchev–Trinajstić information content (AvgIpc) is 1.57. The van der Waals surface area contributed by atoms with E-state index in [-0.39, 0.29) is 0 Å². The lowest BCUT2D eigenvalue weighted by molar-refractivity contribution is 1.18. The van der Waals surface area contributed by atoms with Gasteiger partial charge >= 0.3 is 0 Å². The first-order chi connectivity index (χ1) is 70.9. The SMILES string of the molecule is c1ccc(-c2ccc(N(c3ccc(-c4ccc(N(c5ccccc5)c5ccc6c(c5)c5ccc7ccccc7c5n6-c5ccc6ccccc6c5)cc4)cc3)c3ccc4c(c3)sc3ccccc34)cc2)cc1.c1ccc(-c2cccc(N(c3ccc(-c4ccc(N(c5ccc6c(c5)c5ccccc5n6-c5cccc(-c6ccccc6)c5)c5cccc6ccccc56)cc4)cc3)c3ccc4ccccc4c3)c2)cc1. The molecule has 0 fully saturated rings. The smallest absolute Gasteiger partial charge is 0.0619 e. The molecule has 143 heavy (non-hydrogen) atoms. The number of hydrogen-bond donors (Lipinski definition) is 0. The molecule has 3 aromatic heterocycles. The van der Waals surface area contributed by atoms with Gasteiger partial charge < -0.3 is 28.7 Å². The Morgan fingerprint density at radius 2 is 0.469 bits per heavy atom. The second-order valence-electron chi connectivity index (χ2n) is 36.7. The van der Waals surface area contributed by atoms with Crippen LogP contribution in [0.15, 0.2) is 558 Å². The Bertz CT molecular complexity index is 9440. The maximum Gasteiger partial charge on any atom is 0.0619 e. The number of aromatic nitrogens is 2. The first-order valence-corrected chi connectivity index (χ1v) is 49.7. The van der Waals surface area contributed by atoms with E-state index in [4.69, 9.17) is 0 Å². The van der Waals surface area contributed by atoms with E-state index < -0.39 is 0 Å². The zero-order valence-electron chi connectivity index (χ0n) is 78.2. The van der Waals surface area contributed by atoms with Gasteiger partial charge in [0.1, 0.15) is 0 Å². The quantitative estimate of drug-likeness (QED) is 0.0805. The van der Waals surface area contributed by atoms with E-state index in [1.165, 1.54) is 140 Å². The fraction of sp³-hybridized carbons (Fsp3) is 0. The summed E-state index contributed by atoms with van der Waals surface area (Å²) in [5.41, 5.74) is 32.1. The van der Waals surface area contributed by atoms with Gasteiger partial charge in [-0.15, -0.1) is 11.3 Å². The third kappa shape index (κ3) is 16.0. The molecule has 0 atom stereocenters. The van der Waals surface area contributed by atoms with Crippen LogP contribution in [0.5, 0.6) is 0 Å². The summed E-state index contributed by atoms with van der Waals surface area (Å²) >= 11 is 1.85. The molecule has 0 N–H and O–H groups in total. The molecule has 0 saturated heterocycles. The Labute approximate surface area is 834 Å². The van der Waals surface area contributed by atoms with Gasteiger partial charge in [-0.2, -0.15) is 0 Å². The highest BCUT2D eigenvalue weighted by atomic mass is 32.1. The highest BCUT2D eigenvalue weighted by Gasteiger charge is 2.26. The van der Waals surface area contributed by atoms with Crippen molar-refractivity contribution < 1.29 is 0 Å². The third-order valence-electron chi connectivity index (χ3n) is 28.3. The van der Waals surface area contributed by atoms with Gasteiger partial charge in [0, 0.05) is 126 Å². The van der Waals surface area contributed by atoms with Gasteiger partial charge in [-0.05, 0) is 276 Å². The van der Waals surface area contributed by atoms with Crippen LogP contribution in [0, 0.1) is 0 Å². The van der Waals surface area contributed by atoms with Crippen molar-refractivity contribution in [2.45, 2.75) is 0 Å². The topological polar surface area (TPSA) is 22.8 Å². The Morgan fingerprint density at radius 3 is 1.06 bits per heavy atom. The highest BCUT2D eigenvalue weighted by Crippen LogP contribution is 2.49. The molecular weight excluding hydrogens is 1750 g/mol. The lowest BCUT2D eigenvalue weighted by Gasteiger charge is -2.27. The monoisotopic (exact) mass is 1840 g/mol. The zero-order chi connectivity index (χ0) is 94.6. The van der Waals surface area contributed by atoms with Gasteiger partial charge in [0.25, 0.3) is 0 Å². The number of anilines is 12. The number of para-hydroxylation sites is 2. The van der Waals surface area contributed by atoms with E-state index >= 15 is 0 Å². The largest absolute Gasteiger partial charge is 0.310 e. The van der Waals surface area contributed by atoms with Crippen LogP contribution in [0.25, 0.3) is 174 Å². The molecule has 7 heteroatoms. The molecule has 27 aromatic rings. The van der Waals surface area contributed by atoms with Crippen molar-refractivity contribution in [1.82, 2.24) is 9.13 Å². The minimum Gasteiger partial charge on any atom is -0.310 e. The molecule has 672 valence electrons. The Kier molecular flexibility index (Phi) is 21.8. The Balaban J connectivity index is 0.000000146. The van der Waals surface area contributed by atoms with E-state index in [1.807, 2.05) is 11.3 Å². The predicted octanol–water partition coefficient (Wildman–Crippen LogP) is 38.8. The van der Waals surface area contributed by atoms with Crippen molar-refractivity contribution in [2.75, 3.05) is 19.6 Å². The molecule has 0 amide bonds. The van der Waals surface area contributed by atoms with Gasteiger partial charge in [-0.3, -0.25) is 0 Å². The van der Waals surface area contributed by atoms with Gasteiger partial charge in [-0.25, -0.2) is 0 Å². The predicted molar refractivity (Wildman–Crippen MR) is 610 cm³/mol. The molecule has 3 heterocycles. The molecule has 0 bridgehead atoms.